The Kier molecular flexibility index (Phi) is 6.56. The van der Waals surface area contributed by atoms with E-state index in [1.54, 1.807) is 11.8 Å². The number of hydrogen-bond donors (Lipinski definition) is 1. The van der Waals surface area contributed by atoms with Crippen molar-refractivity contribution in [1.29, 1.82) is 0 Å². The molecule has 6 nitrogen and oxygen atoms in total. The standard InChI is InChI=1S/C19H26N2O4/c1-4-20-17(22)14(3)25-19(24)15-9-11-21(12-10-15)18(23)16-8-6-5-7-13(16)2/h5-8,14-15H,4,9-12H2,1-3H3,(H,20,22)/t14-/m1/s1. The number of esters is 1. The molecule has 6 heteroatoms. The van der Waals surface area contributed by atoms with Crippen molar-refractivity contribution in [2.75, 3.05) is 19.6 Å². The average Bonchev–Trinajstić information content (AvgIpc) is 2.61. The van der Waals surface area contributed by atoms with Crippen molar-refractivity contribution in [2.45, 2.75) is 39.7 Å². The first kappa shape index (κ1) is 19.0. The van der Waals surface area contributed by atoms with E-state index in [9.17, 15) is 14.4 Å². The van der Waals surface area contributed by atoms with Crippen LogP contribution in [0.3, 0.4) is 0 Å². The zero-order chi connectivity index (χ0) is 18.4. The average molecular weight is 346 g/mol. The van der Waals surface area contributed by atoms with Crippen LogP contribution in [0.4, 0.5) is 0 Å². The summed E-state index contributed by atoms with van der Waals surface area (Å²) in [5, 5.41) is 2.63. The van der Waals surface area contributed by atoms with Crippen molar-refractivity contribution < 1.29 is 19.1 Å². The minimum absolute atomic E-state index is 0.000564. The SMILES string of the molecule is CCNC(=O)[C@@H](C)OC(=O)C1CCN(C(=O)c2ccccc2C)CC1. The van der Waals surface area contributed by atoms with E-state index in [0.717, 1.165) is 5.56 Å². The lowest BCUT2D eigenvalue weighted by molar-refractivity contribution is -0.160. The third-order valence-electron chi connectivity index (χ3n) is 4.50. The Labute approximate surface area is 148 Å². The summed E-state index contributed by atoms with van der Waals surface area (Å²) in [5.74, 6) is -0.914. The molecule has 0 aliphatic carbocycles. The molecule has 0 spiro atoms. The smallest absolute Gasteiger partial charge is 0.309 e. The molecule has 2 amide bonds. The molecule has 1 N–H and O–H groups in total. The summed E-state index contributed by atoms with van der Waals surface area (Å²) in [5.41, 5.74) is 1.65. The van der Waals surface area contributed by atoms with Gasteiger partial charge in [-0.3, -0.25) is 14.4 Å². The van der Waals surface area contributed by atoms with Gasteiger partial charge >= 0.3 is 5.97 Å². The van der Waals surface area contributed by atoms with E-state index in [1.807, 2.05) is 38.1 Å². The summed E-state index contributed by atoms with van der Waals surface area (Å²) in [6, 6.07) is 7.50. The molecule has 1 aliphatic rings. The topological polar surface area (TPSA) is 75.7 Å². The van der Waals surface area contributed by atoms with E-state index < -0.39 is 6.10 Å². The molecule has 1 atom stereocenters. The minimum atomic E-state index is -0.793. The first-order valence-corrected chi connectivity index (χ1v) is 8.77. The number of piperidine rings is 1. The normalized spacial score (nSPS) is 16.2. The maximum absolute atomic E-state index is 12.6. The van der Waals surface area contributed by atoms with E-state index in [-0.39, 0.29) is 23.7 Å². The van der Waals surface area contributed by atoms with Crippen molar-refractivity contribution in [1.82, 2.24) is 10.2 Å². The van der Waals surface area contributed by atoms with Crippen molar-refractivity contribution in [2.24, 2.45) is 5.92 Å². The number of nitrogens with one attached hydrogen (secondary N) is 1. The molecule has 0 unspecified atom stereocenters. The lowest BCUT2D eigenvalue weighted by Gasteiger charge is -2.31. The molecule has 1 aromatic carbocycles. The Morgan fingerprint density at radius 2 is 1.88 bits per heavy atom. The molecule has 2 rings (SSSR count). The van der Waals surface area contributed by atoms with Crippen LogP contribution in [-0.2, 0) is 14.3 Å². The lowest BCUT2D eigenvalue weighted by Crippen LogP contribution is -2.42. The molecular weight excluding hydrogens is 320 g/mol. The van der Waals surface area contributed by atoms with E-state index in [2.05, 4.69) is 5.32 Å². The van der Waals surface area contributed by atoms with Gasteiger partial charge in [-0.25, -0.2) is 0 Å². The van der Waals surface area contributed by atoms with Crippen LogP contribution in [0.5, 0.6) is 0 Å². The van der Waals surface area contributed by atoms with Crippen molar-refractivity contribution in [3.05, 3.63) is 35.4 Å². The second-order valence-electron chi connectivity index (χ2n) is 6.36. The van der Waals surface area contributed by atoms with Gasteiger partial charge in [-0.2, -0.15) is 0 Å². The molecule has 0 aromatic heterocycles. The van der Waals surface area contributed by atoms with Gasteiger partial charge < -0.3 is 15.0 Å². The molecule has 1 fully saturated rings. The largest absolute Gasteiger partial charge is 0.452 e. The number of likely N-dealkylation sites (N-methyl/N-ethyl adjacent to an activating group) is 1. The fourth-order valence-electron chi connectivity index (χ4n) is 2.94. The highest BCUT2D eigenvalue weighted by Gasteiger charge is 2.30. The number of nitrogens with zero attached hydrogens (tertiary/aromatic N) is 1. The number of aryl methyl sites for hydroxylation is 1. The summed E-state index contributed by atoms with van der Waals surface area (Å²) in [7, 11) is 0. The Morgan fingerprint density at radius 1 is 1.24 bits per heavy atom. The van der Waals surface area contributed by atoms with E-state index in [4.69, 9.17) is 4.74 Å². The fraction of sp³-hybridized carbons (Fsp3) is 0.526. The molecule has 1 saturated heterocycles. The summed E-state index contributed by atoms with van der Waals surface area (Å²) in [4.78, 5) is 38.2. The fourth-order valence-corrected chi connectivity index (χ4v) is 2.94. The molecule has 1 aliphatic heterocycles. The Balaban J connectivity index is 1.87. The highest BCUT2D eigenvalue weighted by atomic mass is 16.5. The summed E-state index contributed by atoms with van der Waals surface area (Å²) in [6.45, 7) is 6.83. The van der Waals surface area contributed by atoms with Gasteiger partial charge in [0.1, 0.15) is 0 Å². The monoisotopic (exact) mass is 346 g/mol. The molecule has 0 saturated carbocycles. The van der Waals surface area contributed by atoms with Gasteiger partial charge in [0.15, 0.2) is 6.10 Å². The molecule has 1 aromatic rings. The number of carbonyl (C=O) groups is 3. The van der Waals surface area contributed by atoms with Gasteiger partial charge in [-0.1, -0.05) is 18.2 Å². The number of rotatable bonds is 5. The zero-order valence-corrected chi connectivity index (χ0v) is 15.1. The van der Waals surface area contributed by atoms with Crippen LogP contribution >= 0.6 is 0 Å². The number of benzene rings is 1. The highest BCUT2D eigenvalue weighted by molar-refractivity contribution is 5.95. The van der Waals surface area contributed by atoms with Gasteiger partial charge in [0.25, 0.3) is 11.8 Å². The third kappa shape index (κ3) is 4.81. The number of ether oxygens (including phenoxy) is 1. The summed E-state index contributed by atoms with van der Waals surface area (Å²) < 4.78 is 5.25. The molecule has 0 bridgehead atoms. The molecule has 136 valence electrons. The van der Waals surface area contributed by atoms with Crippen LogP contribution in [0.2, 0.25) is 0 Å². The first-order chi connectivity index (χ1) is 11.9. The van der Waals surface area contributed by atoms with Gasteiger partial charge in [-0.05, 0) is 45.2 Å². The quantitative estimate of drug-likeness (QED) is 0.827. The van der Waals surface area contributed by atoms with Crippen molar-refractivity contribution >= 4 is 17.8 Å². The van der Waals surface area contributed by atoms with E-state index in [0.29, 0.717) is 38.0 Å². The van der Waals surface area contributed by atoms with E-state index in [1.165, 1.54) is 0 Å². The number of hydrogen-bond acceptors (Lipinski definition) is 4. The maximum atomic E-state index is 12.6. The minimum Gasteiger partial charge on any atom is -0.452 e. The Morgan fingerprint density at radius 3 is 2.48 bits per heavy atom. The van der Waals surface area contributed by atoms with E-state index >= 15 is 0 Å². The van der Waals surface area contributed by atoms with Crippen LogP contribution in [0.15, 0.2) is 24.3 Å². The Bertz CT molecular complexity index is 636. The van der Waals surface area contributed by atoms with Crippen LogP contribution in [0.25, 0.3) is 0 Å². The summed E-state index contributed by atoms with van der Waals surface area (Å²) in [6.07, 6.45) is 0.316. The third-order valence-corrected chi connectivity index (χ3v) is 4.50. The molecular formula is C19H26N2O4. The van der Waals surface area contributed by atoms with Gasteiger partial charge in [0.05, 0.1) is 5.92 Å². The Hall–Kier alpha value is -2.37. The predicted molar refractivity (Wildman–Crippen MR) is 94.0 cm³/mol. The molecule has 1 heterocycles. The van der Waals surface area contributed by atoms with Crippen molar-refractivity contribution in [3.63, 3.8) is 0 Å². The van der Waals surface area contributed by atoms with Crippen LogP contribution in [0, 0.1) is 12.8 Å². The second-order valence-corrected chi connectivity index (χ2v) is 6.36. The molecule has 25 heavy (non-hydrogen) atoms. The first-order valence-electron chi connectivity index (χ1n) is 8.77. The highest BCUT2D eigenvalue weighted by Crippen LogP contribution is 2.21. The number of amides is 2. The van der Waals surface area contributed by atoms with Crippen LogP contribution in [-0.4, -0.2) is 48.4 Å². The van der Waals surface area contributed by atoms with Crippen LogP contribution in [0.1, 0.15) is 42.6 Å². The van der Waals surface area contributed by atoms with Gasteiger partial charge in [0, 0.05) is 25.2 Å². The van der Waals surface area contributed by atoms with Crippen molar-refractivity contribution in [3.8, 4) is 0 Å². The lowest BCUT2D eigenvalue weighted by atomic mass is 9.96. The zero-order valence-electron chi connectivity index (χ0n) is 15.1. The number of carbonyl (C=O) groups excluding carboxylic acids is 3. The molecule has 0 radical (unpaired) electrons. The van der Waals surface area contributed by atoms with Gasteiger partial charge in [-0.15, -0.1) is 0 Å². The second kappa shape index (κ2) is 8.65. The predicted octanol–water partition coefficient (Wildman–Crippen LogP) is 1.92. The maximum Gasteiger partial charge on any atom is 0.309 e. The van der Waals surface area contributed by atoms with Crippen LogP contribution < -0.4 is 5.32 Å². The van der Waals surface area contributed by atoms with Gasteiger partial charge in [0.2, 0.25) is 0 Å². The number of likely N-dealkylation sites (tertiary alicyclic amines) is 1. The summed E-state index contributed by atoms with van der Waals surface area (Å²) >= 11 is 0.